The van der Waals surface area contributed by atoms with Gasteiger partial charge in [-0.25, -0.2) is 4.98 Å². The first-order valence-electron chi connectivity index (χ1n) is 13.7. The number of hydrogen-bond acceptors (Lipinski definition) is 6. The van der Waals surface area contributed by atoms with Crippen molar-refractivity contribution in [2.75, 3.05) is 11.5 Å². The summed E-state index contributed by atoms with van der Waals surface area (Å²) < 4.78 is 13.5. The van der Waals surface area contributed by atoms with E-state index in [2.05, 4.69) is 34.0 Å². The van der Waals surface area contributed by atoms with Gasteiger partial charge in [-0.3, -0.25) is 4.79 Å². The summed E-state index contributed by atoms with van der Waals surface area (Å²) in [5.74, 6) is 2.76. The lowest BCUT2D eigenvalue weighted by molar-refractivity contribution is -0.117. The van der Waals surface area contributed by atoms with Crippen LogP contribution in [0.25, 0.3) is 22.2 Å². The number of nitrogens with zero attached hydrogens (tertiary/aromatic N) is 4. The van der Waals surface area contributed by atoms with E-state index in [1.807, 2.05) is 30.9 Å². The minimum absolute atomic E-state index is 0.128. The molecule has 0 radical (unpaired) electrons. The zero-order valence-electron chi connectivity index (χ0n) is 21.8. The Hall–Kier alpha value is -3.65. The molecule has 0 spiro atoms. The summed E-state index contributed by atoms with van der Waals surface area (Å²) in [6.45, 7) is 4.57. The summed E-state index contributed by atoms with van der Waals surface area (Å²) in [7, 11) is 0. The van der Waals surface area contributed by atoms with Crippen molar-refractivity contribution in [3.63, 3.8) is 0 Å². The normalized spacial score (nSPS) is 23.3. The van der Waals surface area contributed by atoms with Gasteiger partial charge >= 0.3 is 0 Å². The molecule has 1 atom stereocenters. The highest BCUT2D eigenvalue weighted by Gasteiger charge is 2.38. The van der Waals surface area contributed by atoms with Gasteiger partial charge in [0.05, 0.1) is 35.5 Å². The number of carbonyl (C=O) groups is 1. The standard InChI is InChI=1S/C30H32N4O4/c1-17-29(18(2)38-32-17)20-3-9-25-24(16-20)31-30(34(25)21-4-7-23(35)8-5-21)26-10-12-28(36)33(26)22-6-11-27-19(15-22)13-14-37-27/h3,6,9,11,15-16,21,23,26,35H,4-5,7-8,10,12-14H2,1-2H3. The molecule has 4 aromatic rings. The molecule has 2 aromatic heterocycles. The molecular weight excluding hydrogens is 480 g/mol. The number of aryl methyl sites for hydroxylation is 2. The van der Waals surface area contributed by atoms with Crippen molar-refractivity contribution in [2.45, 2.75) is 77.0 Å². The van der Waals surface area contributed by atoms with Crippen LogP contribution in [0.2, 0.25) is 0 Å². The van der Waals surface area contributed by atoms with E-state index < -0.39 is 0 Å². The Morgan fingerprint density at radius 3 is 2.63 bits per heavy atom. The van der Waals surface area contributed by atoms with Gasteiger partial charge in [0, 0.05) is 30.1 Å². The van der Waals surface area contributed by atoms with Crippen LogP contribution in [0.15, 0.2) is 40.9 Å². The Morgan fingerprint density at radius 1 is 1.00 bits per heavy atom. The van der Waals surface area contributed by atoms with Crippen LogP contribution in [0.1, 0.15) is 73.5 Å². The average Bonchev–Trinajstić information content (AvgIpc) is 3.69. The lowest BCUT2D eigenvalue weighted by Crippen LogP contribution is -2.31. The van der Waals surface area contributed by atoms with Gasteiger partial charge in [-0.05, 0) is 87.4 Å². The molecule has 2 fully saturated rings. The highest BCUT2D eigenvalue weighted by molar-refractivity contribution is 5.97. The maximum Gasteiger partial charge on any atom is 0.227 e. The number of imidazole rings is 1. The van der Waals surface area contributed by atoms with Crippen LogP contribution < -0.4 is 9.64 Å². The third kappa shape index (κ3) is 3.73. The second kappa shape index (κ2) is 8.98. The first-order valence-corrected chi connectivity index (χ1v) is 13.7. The van der Waals surface area contributed by atoms with E-state index in [4.69, 9.17) is 14.2 Å². The van der Waals surface area contributed by atoms with Crippen LogP contribution in [0.4, 0.5) is 5.69 Å². The second-order valence-corrected chi connectivity index (χ2v) is 10.9. The number of anilines is 1. The molecule has 38 heavy (non-hydrogen) atoms. The molecule has 2 aliphatic heterocycles. The predicted octanol–water partition coefficient (Wildman–Crippen LogP) is 5.59. The predicted molar refractivity (Wildman–Crippen MR) is 143 cm³/mol. The molecule has 7 rings (SSSR count). The van der Waals surface area contributed by atoms with Gasteiger partial charge in [-0.15, -0.1) is 0 Å². The Morgan fingerprint density at radius 2 is 1.84 bits per heavy atom. The van der Waals surface area contributed by atoms with Gasteiger partial charge in [-0.2, -0.15) is 0 Å². The van der Waals surface area contributed by atoms with E-state index in [0.29, 0.717) is 13.0 Å². The largest absolute Gasteiger partial charge is 0.493 e. The SMILES string of the molecule is Cc1noc(C)c1-c1ccc2c(c1)nc(C1CCC(=O)N1c1ccc3c(c1)CCO3)n2C1CCC(O)CC1. The minimum Gasteiger partial charge on any atom is -0.493 e. The molecular formula is C30H32N4O4. The second-order valence-electron chi connectivity index (χ2n) is 10.9. The number of aliphatic hydroxyl groups is 1. The summed E-state index contributed by atoms with van der Waals surface area (Å²) in [5, 5.41) is 14.4. The third-order valence-electron chi connectivity index (χ3n) is 8.53. The highest BCUT2D eigenvalue weighted by atomic mass is 16.5. The van der Waals surface area contributed by atoms with Crippen LogP contribution in [0.5, 0.6) is 5.75 Å². The fourth-order valence-electron chi connectivity index (χ4n) is 6.68. The molecule has 1 N–H and O–H groups in total. The number of aliphatic hydroxyl groups excluding tert-OH is 1. The average molecular weight is 513 g/mol. The Kier molecular flexibility index (Phi) is 5.54. The zero-order chi connectivity index (χ0) is 26.0. The van der Waals surface area contributed by atoms with Gasteiger partial charge < -0.3 is 23.8 Å². The molecule has 1 aliphatic carbocycles. The van der Waals surface area contributed by atoms with Crippen LogP contribution in [-0.4, -0.2) is 38.4 Å². The molecule has 4 heterocycles. The molecule has 1 saturated heterocycles. The van der Waals surface area contributed by atoms with E-state index in [-0.39, 0.29) is 24.1 Å². The molecule has 1 saturated carbocycles. The zero-order valence-corrected chi connectivity index (χ0v) is 21.8. The monoisotopic (exact) mass is 512 g/mol. The fourth-order valence-corrected chi connectivity index (χ4v) is 6.68. The molecule has 1 unspecified atom stereocenters. The third-order valence-corrected chi connectivity index (χ3v) is 8.53. The molecule has 196 valence electrons. The lowest BCUT2D eigenvalue weighted by atomic mass is 9.92. The van der Waals surface area contributed by atoms with Crippen LogP contribution in [0.3, 0.4) is 0 Å². The maximum absolute atomic E-state index is 13.3. The molecule has 3 aliphatic rings. The number of carbonyl (C=O) groups excluding carboxylic acids is 1. The quantitative estimate of drug-likeness (QED) is 0.383. The summed E-state index contributed by atoms with van der Waals surface area (Å²) in [5.41, 5.74) is 6.93. The molecule has 2 aromatic carbocycles. The molecule has 8 nitrogen and oxygen atoms in total. The van der Waals surface area contributed by atoms with E-state index in [1.165, 1.54) is 0 Å². The van der Waals surface area contributed by atoms with Crippen molar-refractivity contribution in [3.8, 4) is 16.9 Å². The van der Waals surface area contributed by atoms with Gasteiger partial charge in [0.1, 0.15) is 17.3 Å². The van der Waals surface area contributed by atoms with E-state index in [1.54, 1.807) is 0 Å². The molecule has 1 amide bonds. The first-order chi connectivity index (χ1) is 18.5. The minimum atomic E-state index is -0.242. The van der Waals surface area contributed by atoms with Crippen molar-refractivity contribution in [1.82, 2.24) is 14.7 Å². The summed E-state index contributed by atoms with van der Waals surface area (Å²) in [4.78, 5) is 20.5. The summed E-state index contributed by atoms with van der Waals surface area (Å²) in [6.07, 6.45) is 5.18. The topological polar surface area (TPSA) is 93.6 Å². The first kappa shape index (κ1) is 23.5. The smallest absolute Gasteiger partial charge is 0.227 e. The van der Waals surface area contributed by atoms with Crippen molar-refractivity contribution < 1.29 is 19.2 Å². The number of rotatable bonds is 4. The van der Waals surface area contributed by atoms with Crippen molar-refractivity contribution in [2.24, 2.45) is 0 Å². The lowest BCUT2D eigenvalue weighted by Gasteiger charge is -2.31. The highest BCUT2D eigenvalue weighted by Crippen LogP contribution is 2.43. The maximum atomic E-state index is 13.3. The van der Waals surface area contributed by atoms with Crippen molar-refractivity contribution in [3.05, 3.63) is 59.2 Å². The number of hydrogen-bond donors (Lipinski definition) is 1. The fraction of sp³-hybridized carbons (Fsp3) is 0.433. The number of aromatic nitrogens is 3. The summed E-state index contributed by atoms with van der Waals surface area (Å²) in [6, 6.07) is 12.6. The number of amides is 1. The van der Waals surface area contributed by atoms with Crippen molar-refractivity contribution >= 4 is 22.6 Å². The van der Waals surface area contributed by atoms with E-state index >= 15 is 0 Å². The van der Waals surface area contributed by atoms with E-state index in [0.717, 1.165) is 95.0 Å². The Labute approximate surface area is 221 Å². The van der Waals surface area contributed by atoms with Crippen LogP contribution >= 0.6 is 0 Å². The van der Waals surface area contributed by atoms with Gasteiger partial charge in [0.25, 0.3) is 0 Å². The summed E-state index contributed by atoms with van der Waals surface area (Å²) >= 11 is 0. The Balaban J connectivity index is 1.36. The van der Waals surface area contributed by atoms with Gasteiger partial charge in [0.15, 0.2) is 0 Å². The van der Waals surface area contributed by atoms with Gasteiger partial charge in [-0.1, -0.05) is 11.2 Å². The number of benzene rings is 2. The van der Waals surface area contributed by atoms with Crippen LogP contribution in [0, 0.1) is 13.8 Å². The molecule has 8 heteroatoms. The van der Waals surface area contributed by atoms with Crippen molar-refractivity contribution in [1.29, 1.82) is 0 Å². The molecule has 0 bridgehead atoms. The number of fused-ring (bicyclic) bond motifs is 2. The van der Waals surface area contributed by atoms with Crippen LogP contribution in [-0.2, 0) is 11.2 Å². The Bertz CT molecular complexity index is 1530. The van der Waals surface area contributed by atoms with E-state index in [9.17, 15) is 9.90 Å². The van der Waals surface area contributed by atoms with Gasteiger partial charge in [0.2, 0.25) is 5.91 Å². The number of ether oxygens (including phenoxy) is 1.